The minimum absolute atomic E-state index is 0.130. The molecule has 0 saturated carbocycles. The SMILES string of the molecule is CC(C)C[C@@H]1NC(=O)[C@@H](Cc2ccccc2)NC(=O)[C@H](CCNC(=O)OC(C)(C)C)NC(=O)[C@@H](NC(=O)[C@H](CCNC(=O)OC(C)(C)C)NC(=O)[C@@H](NC(=O)C2CN(C(=O)OC(C)(C)C)CCN2C(=O)OCc2ccccc2)C(C)O)CCNC(=O)[C@H](C(C)O)NC(=O)[C@H](CCNC(=O)OC(C)(C)C)NC(=O)[C@H](CCNC(=O)OC(C)(C)C)NC1=O. The summed E-state index contributed by atoms with van der Waals surface area (Å²) in [6.07, 6.45) is -12.4. The number of nitrogens with zero attached hydrogens (tertiary/aromatic N) is 2. The van der Waals surface area contributed by atoms with Crippen LogP contribution in [0.15, 0.2) is 60.7 Å². The Balaban J connectivity index is 1.96. The van der Waals surface area contributed by atoms with Crippen LogP contribution in [0.2, 0.25) is 0 Å². The predicted molar refractivity (Wildman–Crippen MR) is 438 cm³/mol. The van der Waals surface area contributed by atoms with Crippen molar-refractivity contribution in [1.82, 2.24) is 84.2 Å². The van der Waals surface area contributed by atoms with Crippen molar-refractivity contribution < 1.29 is 115 Å². The zero-order valence-electron chi connectivity index (χ0n) is 72.9. The van der Waals surface area contributed by atoms with Crippen molar-refractivity contribution in [3.05, 3.63) is 71.8 Å². The molecule has 676 valence electrons. The number of piperazine rings is 1. The Morgan fingerprint density at radius 3 is 1.33 bits per heavy atom. The average molecular weight is 1710 g/mol. The Hall–Kier alpha value is -11.3. The van der Waals surface area contributed by atoms with Gasteiger partial charge in [-0.3, -0.25) is 52.8 Å². The molecule has 40 nitrogen and oxygen atoms in total. The molecular formula is C81H128N16O24. The Labute approximate surface area is 706 Å². The molecule has 2 aliphatic heterocycles. The Bertz CT molecular complexity index is 3850. The van der Waals surface area contributed by atoms with Gasteiger partial charge in [0, 0.05) is 52.2 Å². The van der Waals surface area contributed by atoms with E-state index in [1.165, 1.54) is 0 Å². The Morgan fingerprint density at radius 2 is 0.884 bits per heavy atom. The number of alkyl carbamates (subject to hydrolysis) is 4. The van der Waals surface area contributed by atoms with Crippen molar-refractivity contribution in [1.29, 1.82) is 0 Å². The molecule has 2 heterocycles. The highest BCUT2D eigenvalue weighted by molar-refractivity contribution is 5.99. The topological polar surface area (TPSA) is 544 Å². The summed E-state index contributed by atoms with van der Waals surface area (Å²) in [5.74, 6) is -11.8. The van der Waals surface area contributed by atoms with Crippen LogP contribution in [0.4, 0.5) is 28.8 Å². The van der Waals surface area contributed by atoms with E-state index < -0.39 is 267 Å². The fourth-order valence-electron chi connectivity index (χ4n) is 11.8. The van der Waals surface area contributed by atoms with Gasteiger partial charge in [-0.2, -0.15) is 0 Å². The standard InChI is InChI=1S/C81H128N16O24/c1-46(2)42-56-66(105)90-52(31-36-83-71(110)117-77(5,6)7)62(101)89-55(34-39-86-74(113)120-80(14,15)16)65(104)94-59(47(3)98)69(108)82-35-30-51(61(100)88-53(32-37-84-72(111)118-78(8,9)10)64(103)93-57(67(106)92-56)43-49-26-22-20-23-27-49)87-63(102)54(33-38-85-73(112)119-79(11,12)13)91-70(109)60(48(4)99)95-68(107)58-44-96(75(114)121-81(17,18)19)40-41-97(58)76(115)116-45-50-28-24-21-25-29-50/h20-29,46-48,51-60,98-99H,30-45H2,1-19H3,(H,82,108)(H,83,110)(H,84,111)(H,85,112)(H,86,113)(H,87,102)(H,88,100)(H,89,101)(H,90,105)(H,91,109)(H,92,106)(H,93,103)(H,94,104)(H,95,107)/t47?,48?,51-,52-,53-,54-,55-,56-,57+,58?,59-,60-/m0/s1. The molecule has 2 aliphatic rings. The summed E-state index contributed by atoms with van der Waals surface area (Å²) in [5, 5.41) is 58.1. The van der Waals surface area contributed by atoms with Crippen LogP contribution in [0.25, 0.3) is 0 Å². The fourth-order valence-corrected chi connectivity index (χ4v) is 11.8. The average Bonchev–Trinajstić information content (AvgIpc) is 0.828. The second-order valence-electron chi connectivity index (χ2n) is 34.8. The fraction of sp³-hybridized carbons (Fsp3) is 0.654. The first-order valence-corrected chi connectivity index (χ1v) is 40.4. The first-order valence-electron chi connectivity index (χ1n) is 40.4. The molecule has 16 amide bonds. The maximum Gasteiger partial charge on any atom is 0.410 e. The van der Waals surface area contributed by atoms with Crippen LogP contribution in [-0.4, -0.2) is 269 Å². The zero-order chi connectivity index (χ0) is 91.1. The molecular weight excluding hydrogens is 1580 g/mol. The molecule has 2 saturated heterocycles. The number of hydrogen-bond acceptors (Lipinski definition) is 24. The minimum Gasteiger partial charge on any atom is -0.445 e. The number of ether oxygens (including phenoxy) is 6. The van der Waals surface area contributed by atoms with Gasteiger partial charge in [-0.25, -0.2) is 28.8 Å². The zero-order valence-corrected chi connectivity index (χ0v) is 72.9. The summed E-state index contributed by atoms with van der Waals surface area (Å²) in [5.41, 5.74) is -4.03. The van der Waals surface area contributed by atoms with Crippen LogP contribution in [0.5, 0.6) is 0 Å². The van der Waals surface area contributed by atoms with Gasteiger partial charge in [-0.15, -0.1) is 0 Å². The van der Waals surface area contributed by atoms with Gasteiger partial charge in [-0.1, -0.05) is 74.5 Å². The van der Waals surface area contributed by atoms with Gasteiger partial charge >= 0.3 is 36.6 Å². The smallest absolute Gasteiger partial charge is 0.410 e. The molecule has 16 N–H and O–H groups in total. The second-order valence-corrected chi connectivity index (χ2v) is 34.8. The van der Waals surface area contributed by atoms with Gasteiger partial charge in [0.05, 0.1) is 18.8 Å². The number of carbonyl (C=O) groups excluding carboxylic acids is 16. The number of rotatable bonds is 26. The Kier molecular flexibility index (Phi) is 39.7. The summed E-state index contributed by atoms with van der Waals surface area (Å²) in [7, 11) is 0. The van der Waals surface area contributed by atoms with E-state index >= 15 is 19.2 Å². The molecule has 0 radical (unpaired) electrons. The van der Waals surface area contributed by atoms with E-state index in [0.717, 1.165) is 23.6 Å². The minimum atomic E-state index is -2.01. The molecule has 12 atom stereocenters. The van der Waals surface area contributed by atoms with Crippen LogP contribution >= 0.6 is 0 Å². The molecule has 2 fully saturated rings. The van der Waals surface area contributed by atoms with Crippen molar-refractivity contribution in [3.63, 3.8) is 0 Å². The molecule has 0 spiro atoms. The molecule has 0 bridgehead atoms. The van der Waals surface area contributed by atoms with Gasteiger partial charge in [0.2, 0.25) is 59.1 Å². The summed E-state index contributed by atoms with van der Waals surface area (Å²) in [6, 6.07) is -1.10. The molecule has 2 aromatic rings. The van der Waals surface area contributed by atoms with E-state index in [9.17, 15) is 67.7 Å². The van der Waals surface area contributed by atoms with Crippen LogP contribution in [0, 0.1) is 5.92 Å². The van der Waals surface area contributed by atoms with Crippen molar-refractivity contribution in [2.75, 3.05) is 52.4 Å². The van der Waals surface area contributed by atoms with E-state index in [1.54, 1.807) is 178 Å². The van der Waals surface area contributed by atoms with E-state index in [2.05, 4.69) is 74.4 Å². The van der Waals surface area contributed by atoms with E-state index in [4.69, 9.17) is 28.4 Å². The third-order valence-corrected chi connectivity index (χ3v) is 17.5. The van der Waals surface area contributed by atoms with Gasteiger partial charge < -0.3 is 118 Å². The number of carbonyl (C=O) groups is 16. The van der Waals surface area contributed by atoms with Gasteiger partial charge in [-0.05, 0) is 173 Å². The van der Waals surface area contributed by atoms with E-state index in [0.29, 0.717) is 11.1 Å². The maximum atomic E-state index is 15.4. The van der Waals surface area contributed by atoms with Gasteiger partial charge in [0.15, 0.2) is 0 Å². The van der Waals surface area contributed by atoms with Crippen molar-refractivity contribution in [3.8, 4) is 0 Å². The molecule has 4 rings (SSSR count). The Morgan fingerprint density at radius 1 is 0.471 bits per heavy atom. The number of benzene rings is 2. The van der Waals surface area contributed by atoms with Crippen molar-refractivity contribution in [2.24, 2.45) is 5.92 Å². The molecule has 121 heavy (non-hydrogen) atoms. The van der Waals surface area contributed by atoms with E-state index in [1.807, 2.05) is 0 Å². The predicted octanol–water partition coefficient (Wildman–Crippen LogP) is 1.84. The summed E-state index contributed by atoms with van der Waals surface area (Å²) in [6.45, 7) is 26.0. The molecule has 0 aromatic heterocycles. The number of hydrogen-bond donors (Lipinski definition) is 16. The monoisotopic (exact) mass is 1710 g/mol. The lowest BCUT2D eigenvalue weighted by Crippen LogP contribution is -2.65. The molecule has 0 aliphatic carbocycles. The number of nitrogens with one attached hydrogen (secondary N) is 14. The molecule has 40 heteroatoms. The summed E-state index contributed by atoms with van der Waals surface area (Å²) >= 11 is 0. The lowest BCUT2D eigenvalue weighted by atomic mass is 10.00. The summed E-state index contributed by atoms with van der Waals surface area (Å²) in [4.78, 5) is 232. The number of aliphatic hydroxyl groups excluding tert-OH is 2. The van der Waals surface area contributed by atoms with Crippen molar-refractivity contribution in [2.45, 2.75) is 284 Å². The van der Waals surface area contributed by atoms with Crippen LogP contribution in [0.1, 0.15) is 181 Å². The van der Waals surface area contributed by atoms with Crippen LogP contribution < -0.4 is 74.4 Å². The quantitative estimate of drug-likeness (QED) is 0.0597. The summed E-state index contributed by atoms with van der Waals surface area (Å²) < 4.78 is 32.8. The normalized spacial score (nSPS) is 20.8. The van der Waals surface area contributed by atoms with Crippen LogP contribution in [0.3, 0.4) is 0 Å². The van der Waals surface area contributed by atoms with Gasteiger partial charge in [0.25, 0.3) is 0 Å². The maximum absolute atomic E-state index is 15.4. The lowest BCUT2D eigenvalue weighted by molar-refractivity contribution is -0.137. The van der Waals surface area contributed by atoms with Gasteiger partial charge in [0.1, 0.15) is 95.0 Å². The van der Waals surface area contributed by atoms with Crippen LogP contribution in [-0.2, 0) is 89.4 Å². The molecule has 2 aromatic carbocycles. The highest BCUT2D eigenvalue weighted by Gasteiger charge is 2.43. The first kappa shape index (κ1) is 102. The highest BCUT2D eigenvalue weighted by Crippen LogP contribution is 2.20. The second kappa shape index (κ2) is 47.0. The third-order valence-electron chi connectivity index (χ3n) is 17.5. The largest absolute Gasteiger partial charge is 0.445 e. The molecule has 3 unspecified atom stereocenters. The lowest BCUT2D eigenvalue weighted by Gasteiger charge is -2.40. The first-order chi connectivity index (χ1) is 56.2. The third kappa shape index (κ3) is 39.2. The van der Waals surface area contributed by atoms with Crippen molar-refractivity contribution >= 4 is 95.6 Å². The van der Waals surface area contributed by atoms with E-state index in [-0.39, 0.29) is 39.1 Å². The number of amides is 16. The number of aliphatic hydroxyl groups is 2. The highest BCUT2D eigenvalue weighted by atomic mass is 16.6.